The molecule has 54 heavy (non-hydrogen) atoms. The minimum atomic E-state index is -0.466. The highest BCUT2D eigenvalue weighted by atomic mass is 16.7. The standard InChI is InChI=1S/C45H86O9/c1-4-7-10-13-16-17-18-19-25-28-35-50-42(47)31-26-21-20-22-27-32-43(48)53-39-41(38-46)40-54-44(49)33-34-45(51-36-29-23-14-11-8-5-2)52-37-30-24-15-12-9-6-3/h41,45-46H,4-40H2,1-3H3. The summed E-state index contributed by atoms with van der Waals surface area (Å²) < 4.78 is 28.2. The fourth-order valence-electron chi connectivity index (χ4n) is 6.28. The lowest BCUT2D eigenvalue weighted by atomic mass is 10.1. The Labute approximate surface area is 332 Å². The smallest absolute Gasteiger partial charge is 0.305 e. The van der Waals surface area contributed by atoms with E-state index in [2.05, 4.69) is 20.8 Å². The summed E-state index contributed by atoms with van der Waals surface area (Å²) >= 11 is 0. The number of carbonyl (C=O) groups excluding carboxylic acids is 3. The summed E-state index contributed by atoms with van der Waals surface area (Å²) in [6.07, 6.45) is 32.0. The summed E-state index contributed by atoms with van der Waals surface area (Å²) in [6, 6.07) is 0. The number of esters is 3. The first kappa shape index (κ1) is 52.3. The van der Waals surface area contributed by atoms with Crippen LogP contribution in [0.1, 0.15) is 220 Å². The maximum Gasteiger partial charge on any atom is 0.305 e. The molecule has 0 aliphatic carbocycles. The number of aliphatic hydroxyl groups excluding tert-OH is 1. The second-order valence-corrected chi connectivity index (χ2v) is 15.3. The lowest BCUT2D eigenvalue weighted by Gasteiger charge is -2.19. The number of carbonyl (C=O) groups is 3. The van der Waals surface area contributed by atoms with Gasteiger partial charge in [0, 0.05) is 32.5 Å². The predicted molar refractivity (Wildman–Crippen MR) is 219 cm³/mol. The average Bonchev–Trinajstić information content (AvgIpc) is 3.17. The third-order valence-corrected chi connectivity index (χ3v) is 9.93. The van der Waals surface area contributed by atoms with E-state index < -0.39 is 12.2 Å². The fraction of sp³-hybridized carbons (Fsp3) is 0.933. The minimum Gasteiger partial charge on any atom is -0.466 e. The Morgan fingerprint density at radius 1 is 0.407 bits per heavy atom. The summed E-state index contributed by atoms with van der Waals surface area (Å²) in [5.41, 5.74) is 0. The van der Waals surface area contributed by atoms with Crippen LogP contribution in [-0.4, -0.2) is 68.9 Å². The fourth-order valence-corrected chi connectivity index (χ4v) is 6.28. The SMILES string of the molecule is CCCCCCCCCCCCOC(=O)CCCCCCCC(=O)OCC(CO)COC(=O)CCC(OCCCCCCCC)OCCCCCCCC. The molecular weight excluding hydrogens is 684 g/mol. The summed E-state index contributed by atoms with van der Waals surface area (Å²) in [7, 11) is 0. The predicted octanol–water partition coefficient (Wildman–Crippen LogP) is 11.7. The second kappa shape index (κ2) is 42.4. The van der Waals surface area contributed by atoms with Crippen LogP contribution >= 0.6 is 0 Å². The first-order valence-electron chi connectivity index (χ1n) is 22.8. The minimum absolute atomic E-state index is 0.00773. The van der Waals surface area contributed by atoms with Crippen molar-refractivity contribution >= 4 is 17.9 Å². The van der Waals surface area contributed by atoms with E-state index in [9.17, 15) is 19.5 Å². The Kier molecular flexibility index (Phi) is 41.1. The van der Waals surface area contributed by atoms with Gasteiger partial charge in [-0.15, -0.1) is 0 Å². The van der Waals surface area contributed by atoms with Crippen LogP contribution in [0, 0.1) is 5.92 Å². The van der Waals surface area contributed by atoms with Gasteiger partial charge in [0.25, 0.3) is 0 Å². The van der Waals surface area contributed by atoms with E-state index in [0.717, 1.165) is 64.2 Å². The van der Waals surface area contributed by atoms with Gasteiger partial charge in [-0.05, 0) is 32.1 Å². The lowest BCUT2D eigenvalue weighted by molar-refractivity contribution is -0.161. The van der Waals surface area contributed by atoms with Gasteiger partial charge in [-0.3, -0.25) is 14.4 Å². The van der Waals surface area contributed by atoms with Crippen LogP contribution in [0.5, 0.6) is 0 Å². The lowest BCUT2D eigenvalue weighted by Crippen LogP contribution is -2.25. The molecule has 0 aromatic carbocycles. The van der Waals surface area contributed by atoms with Gasteiger partial charge in [0.15, 0.2) is 6.29 Å². The number of ether oxygens (including phenoxy) is 5. The van der Waals surface area contributed by atoms with Crippen molar-refractivity contribution in [2.45, 2.75) is 226 Å². The van der Waals surface area contributed by atoms with Crippen molar-refractivity contribution in [2.75, 3.05) is 39.6 Å². The molecule has 0 amide bonds. The van der Waals surface area contributed by atoms with Crippen LogP contribution in [0.15, 0.2) is 0 Å². The topological polar surface area (TPSA) is 118 Å². The van der Waals surface area contributed by atoms with Gasteiger partial charge in [0.2, 0.25) is 0 Å². The molecule has 0 fully saturated rings. The molecule has 0 aliphatic rings. The maximum atomic E-state index is 12.5. The number of hydrogen-bond acceptors (Lipinski definition) is 9. The first-order chi connectivity index (χ1) is 26.5. The zero-order chi connectivity index (χ0) is 39.6. The van der Waals surface area contributed by atoms with E-state index in [1.165, 1.54) is 103 Å². The molecule has 0 radical (unpaired) electrons. The quantitative estimate of drug-likeness (QED) is 0.0280. The van der Waals surface area contributed by atoms with Crippen molar-refractivity contribution in [1.29, 1.82) is 0 Å². The molecule has 1 N–H and O–H groups in total. The Balaban J connectivity index is 4.01. The van der Waals surface area contributed by atoms with Crippen molar-refractivity contribution in [2.24, 2.45) is 5.92 Å². The van der Waals surface area contributed by atoms with E-state index in [1.807, 2.05) is 0 Å². The zero-order valence-electron chi connectivity index (χ0n) is 35.5. The van der Waals surface area contributed by atoms with Gasteiger partial charge in [-0.2, -0.15) is 0 Å². The highest BCUT2D eigenvalue weighted by Crippen LogP contribution is 2.14. The Morgan fingerprint density at radius 3 is 1.15 bits per heavy atom. The molecule has 0 saturated heterocycles. The summed E-state index contributed by atoms with van der Waals surface area (Å²) in [5, 5.41) is 9.76. The van der Waals surface area contributed by atoms with Gasteiger partial charge in [0.1, 0.15) is 0 Å². The number of unbranched alkanes of at least 4 members (excludes halogenated alkanes) is 23. The molecular formula is C45H86O9. The van der Waals surface area contributed by atoms with Crippen molar-refractivity contribution < 1.29 is 43.2 Å². The number of rotatable bonds is 43. The zero-order valence-corrected chi connectivity index (χ0v) is 35.5. The second-order valence-electron chi connectivity index (χ2n) is 15.3. The average molecular weight is 771 g/mol. The molecule has 0 bridgehead atoms. The molecule has 320 valence electrons. The Morgan fingerprint density at radius 2 is 0.741 bits per heavy atom. The van der Waals surface area contributed by atoms with Gasteiger partial charge < -0.3 is 28.8 Å². The molecule has 9 heteroatoms. The van der Waals surface area contributed by atoms with E-state index in [4.69, 9.17) is 23.7 Å². The van der Waals surface area contributed by atoms with Crippen LogP contribution in [-0.2, 0) is 38.1 Å². The molecule has 1 unspecified atom stereocenters. The Bertz CT molecular complexity index is 803. The largest absolute Gasteiger partial charge is 0.466 e. The van der Waals surface area contributed by atoms with E-state index in [-0.39, 0.29) is 44.1 Å². The summed E-state index contributed by atoms with van der Waals surface area (Å²) in [6.45, 7) is 8.21. The summed E-state index contributed by atoms with van der Waals surface area (Å²) in [4.78, 5) is 36.8. The van der Waals surface area contributed by atoms with Crippen LogP contribution < -0.4 is 0 Å². The molecule has 0 saturated carbocycles. The monoisotopic (exact) mass is 771 g/mol. The summed E-state index contributed by atoms with van der Waals surface area (Å²) in [5.74, 6) is -1.27. The van der Waals surface area contributed by atoms with Gasteiger partial charge in [-0.1, -0.05) is 162 Å². The van der Waals surface area contributed by atoms with E-state index in [1.54, 1.807) is 0 Å². The molecule has 0 aromatic heterocycles. The maximum absolute atomic E-state index is 12.5. The van der Waals surface area contributed by atoms with Crippen molar-refractivity contribution in [3.05, 3.63) is 0 Å². The van der Waals surface area contributed by atoms with Crippen molar-refractivity contribution in [3.8, 4) is 0 Å². The molecule has 0 aromatic rings. The number of hydrogen-bond donors (Lipinski definition) is 1. The Hall–Kier alpha value is -1.71. The number of aliphatic hydroxyl groups is 1. The van der Waals surface area contributed by atoms with Gasteiger partial charge in [0.05, 0.1) is 38.8 Å². The van der Waals surface area contributed by atoms with Crippen molar-refractivity contribution in [1.82, 2.24) is 0 Å². The molecule has 0 aliphatic heterocycles. The molecule has 0 spiro atoms. The van der Waals surface area contributed by atoms with Crippen molar-refractivity contribution in [3.63, 3.8) is 0 Å². The first-order valence-corrected chi connectivity index (χ1v) is 22.8. The molecule has 1 atom stereocenters. The van der Waals surface area contributed by atoms with E-state index >= 15 is 0 Å². The van der Waals surface area contributed by atoms with Crippen LogP contribution in [0.4, 0.5) is 0 Å². The van der Waals surface area contributed by atoms with Crippen LogP contribution in [0.3, 0.4) is 0 Å². The third-order valence-electron chi connectivity index (χ3n) is 9.93. The van der Waals surface area contributed by atoms with E-state index in [0.29, 0.717) is 45.5 Å². The highest BCUT2D eigenvalue weighted by Gasteiger charge is 2.17. The molecule has 0 heterocycles. The van der Waals surface area contributed by atoms with Crippen LogP contribution in [0.2, 0.25) is 0 Å². The normalized spacial score (nSPS) is 11.9. The molecule has 0 rings (SSSR count). The third kappa shape index (κ3) is 38.6. The van der Waals surface area contributed by atoms with Gasteiger partial charge in [-0.25, -0.2) is 0 Å². The van der Waals surface area contributed by atoms with Crippen LogP contribution in [0.25, 0.3) is 0 Å². The highest BCUT2D eigenvalue weighted by molar-refractivity contribution is 5.70. The van der Waals surface area contributed by atoms with Gasteiger partial charge >= 0.3 is 17.9 Å². The molecule has 9 nitrogen and oxygen atoms in total.